The zero-order valence-electron chi connectivity index (χ0n) is 8.94. The number of anilines is 2. The number of benzene rings is 1. The number of nitrogen functional groups attached to an aromatic ring is 1. The van der Waals surface area contributed by atoms with E-state index in [0.29, 0.717) is 6.54 Å². The lowest BCUT2D eigenvalue weighted by Gasteiger charge is -2.07. The molecule has 0 bridgehead atoms. The van der Waals surface area contributed by atoms with Crippen molar-refractivity contribution in [2.24, 2.45) is 7.05 Å². The van der Waals surface area contributed by atoms with Crippen LogP contribution in [0.4, 0.5) is 11.4 Å². The highest BCUT2D eigenvalue weighted by molar-refractivity contribution is 14.1. The molecule has 2 aromatic rings. The Morgan fingerprint density at radius 3 is 2.88 bits per heavy atom. The first-order chi connectivity index (χ1) is 7.65. The topological polar surface area (TPSA) is 55.9 Å². The number of hydrogen-bond donors (Lipinski definition) is 2. The van der Waals surface area contributed by atoms with E-state index in [9.17, 15) is 0 Å². The van der Waals surface area contributed by atoms with Gasteiger partial charge in [-0.25, -0.2) is 0 Å². The van der Waals surface area contributed by atoms with Crippen LogP contribution in [-0.2, 0) is 13.6 Å². The predicted molar refractivity (Wildman–Crippen MR) is 74.1 cm³/mol. The standard InChI is InChI=1S/C11H13IN4/c1-16-5-4-9(15-16)7-14-11-3-2-8(12)6-10(11)13/h2-6,14H,7,13H2,1H3. The number of rotatable bonds is 3. The summed E-state index contributed by atoms with van der Waals surface area (Å²) < 4.78 is 2.92. The second-order valence-electron chi connectivity index (χ2n) is 3.57. The summed E-state index contributed by atoms with van der Waals surface area (Å²) in [6.45, 7) is 0.686. The summed E-state index contributed by atoms with van der Waals surface area (Å²) in [5, 5.41) is 7.55. The van der Waals surface area contributed by atoms with E-state index in [1.165, 1.54) is 0 Å². The van der Waals surface area contributed by atoms with Crippen molar-refractivity contribution < 1.29 is 0 Å². The van der Waals surface area contributed by atoms with Crippen molar-refractivity contribution in [1.29, 1.82) is 0 Å². The number of aryl methyl sites for hydroxylation is 1. The van der Waals surface area contributed by atoms with Crippen LogP contribution < -0.4 is 11.1 Å². The fraction of sp³-hybridized carbons (Fsp3) is 0.182. The molecule has 3 N–H and O–H groups in total. The van der Waals surface area contributed by atoms with Gasteiger partial charge in [-0.1, -0.05) is 0 Å². The highest BCUT2D eigenvalue weighted by Crippen LogP contribution is 2.21. The first-order valence-electron chi connectivity index (χ1n) is 4.92. The van der Waals surface area contributed by atoms with Gasteiger partial charge in [0.2, 0.25) is 0 Å². The summed E-state index contributed by atoms with van der Waals surface area (Å²) in [6.07, 6.45) is 1.92. The summed E-state index contributed by atoms with van der Waals surface area (Å²) in [5.41, 5.74) is 8.61. The molecule has 0 saturated carbocycles. The number of hydrogen-bond acceptors (Lipinski definition) is 3. The highest BCUT2D eigenvalue weighted by Gasteiger charge is 2.01. The molecule has 0 radical (unpaired) electrons. The molecule has 1 aromatic heterocycles. The number of aromatic nitrogens is 2. The fourth-order valence-electron chi connectivity index (χ4n) is 1.44. The second-order valence-corrected chi connectivity index (χ2v) is 4.81. The Hall–Kier alpha value is -1.24. The minimum absolute atomic E-state index is 0.686. The van der Waals surface area contributed by atoms with Gasteiger partial charge < -0.3 is 11.1 Å². The normalized spacial score (nSPS) is 10.4. The SMILES string of the molecule is Cn1ccc(CNc2ccc(I)cc2N)n1. The van der Waals surface area contributed by atoms with E-state index in [2.05, 4.69) is 33.0 Å². The first-order valence-corrected chi connectivity index (χ1v) is 6.00. The maximum absolute atomic E-state index is 5.90. The lowest BCUT2D eigenvalue weighted by molar-refractivity contribution is 0.747. The molecule has 0 unspecified atom stereocenters. The third-order valence-corrected chi connectivity index (χ3v) is 2.91. The third-order valence-electron chi connectivity index (χ3n) is 2.24. The van der Waals surface area contributed by atoms with Gasteiger partial charge in [-0.05, 0) is 46.9 Å². The van der Waals surface area contributed by atoms with E-state index >= 15 is 0 Å². The van der Waals surface area contributed by atoms with Gasteiger partial charge in [0.15, 0.2) is 0 Å². The zero-order chi connectivity index (χ0) is 11.5. The molecule has 1 aromatic carbocycles. The van der Waals surface area contributed by atoms with Crippen LogP contribution in [0.3, 0.4) is 0 Å². The summed E-state index contributed by atoms with van der Waals surface area (Å²) in [6, 6.07) is 7.94. The van der Waals surface area contributed by atoms with Gasteiger partial charge in [0.1, 0.15) is 0 Å². The van der Waals surface area contributed by atoms with Crippen molar-refractivity contribution in [3.63, 3.8) is 0 Å². The molecule has 0 aliphatic rings. The quantitative estimate of drug-likeness (QED) is 0.671. The summed E-state index contributed by atoms with van der Waals surface area (Å²) in [5.74, 6) is 0. The smallest absolute Gasteiger partial charge is 0.0815 e. The summed E-state index contributed by atoms with van der Waals surface area (Å²) >= 11 is 2.24. The lowest BCUT2D eigenvalue weighted by atomic mass is 10.2. The molecule has 0 aliphatic carbocycles. The minimum atomic E-state index is 0.686. The minimum Gasteiger partial charge on any atom is -0.397 e. The molecule has 84 valence electrons. The van der Waals surface area contributed by atoms with Gasteiger partial charge in [0, 0.05) is 16.8 Å². The molecule has 4 nitrogen and oxygen atoms in total. The van der Waals surface area contributed by atoms with Crippen LogP contribution in [0.1, 0.15) is 5.69 Å². The van der Waals surface area contributed by atoms with Gasteiger partial charge in [-0.3, -0.25) is 4.68 Å². The van der Waals surface area contributed by atoms with Crippen molar-refractivity contribution in [2.75, 3.05) is 11.1 Å². The molecule has 1 heterocycles. The molecule has 0 fully saturated rings. The van der Waals surface area contributed by atoms with Crippen LogP contribution in [0, 0.1) is 3.57 Å². The molecule has 0 saturated heterocycles. The van der Waals surface area contributed by atoms with Crippen molar-refractivity contribution in [2.45, 2.75) is 6.54 Å². The average molecular weight is 328 g/mol. The molecule has 16 heavy (non-hydrogen) atoms. The average Bonchev–Trinajstić information content (AvgIpc) is 2.63. The number of nitrogens with two attached hydrogens (primary N) is 1. The van der Waals surface area contributed by atoms with Crippen molar-refractivity contribution in [1.82, 2.24) is 9.78 Å². The number of halogens is 1. The van der Waals surface area contributed by atoms with Crippen LogP contribution in [0.25, 0.3) is 0 Å². The largest absolute Gasteiger partial charge is 0.397 e. The molecule has 2 rings (SSSR count). The van der Waals surface area contributed by atoms with Gasteiger partial charge in [0.05, 0.1) is 23.6 Å². The molecule has 5 heteroatoms. The lowest BCUT2D eigenvalue weighted by Crippen LogP contribution is -2.03. The first kappa shape index (κ1) is 11.3. The Morgan fingerprint density at radius 2 is 2.25 bits per heavy atom. The van der Waals surface area contributed by atoms with Crippen molar-refractivity contribution >= 4 is 34.0 Å². The van der Waals surface area contributed by atoms with E-state index < -0.39 is 0 Å². The second kappa shape index (κ2) is 4.73. The fourth-order valence-corrected chi connectivity index (χ4v) is 1.95. The zero-order valence-corrected chi connectivity index (χ0v) is 11.1. The van der Waals surface area contributed by atoms with Crippen LogP contribution in [0.15, 0.2) is 30.5 Å². The Morgan fingerprint density at radius 1 is 1.44 bits per heavy atom. The van der Waals surface area contributed by atoms with E-state index in [-0.39, 0.29) is 0 Å². The summed E-state index contributed by atoms with van der Waals surface area (Å²) in [7, 11) is 1.91. The van der Waals surface area contributed by atoms with Gasteiger partial charge in [-0.15, -0.1) is 0 Å². The van der Waals surface area contributed by atoms with Crippen LogP contribution >= 0.6 is 22.6 Å². The Labute approximate surface area is 108 Å². The molecule has 0 amide bonds. The monoisotopic (exact) mass is 328 g/mol. The van der Waals surface area contributed by atoms with E-state index in [1.54, 1.807) is 4.68 Å². The van der Waals surface area contributed by atoms with Crippen molar-refractivity contribution in [3.05, 3.63) is 39.7 Å². The molecular formula is C11H13IN4. The number of nitrogens with one attached hydrogen (secondary N) is 1. The predicted octanol–water partition coefficient (Wildman–Crippen LogP) is 2.22. The Balaban J connectivity index is 2.04. The summed E-state index contributed by atoms with van der Waals surface area (Å²) in [4.78, 5) is 0. The maximum atomic E-state index is 5.90. The molecule has 0 aliphatic heterocycles. The Kier molecular flexibility index (Phi) is 3.33. The maximum Gasteiger partial charge on any atom is 0.0815 e. The van der Waals surface area contributed by atoms with E-state index in [0.717, 1.165) is 20.6 Å². The van der Waals surface area contributed by atoms with Gasteiger partial charge in [-0.2, -0.15) is 5.10 Å². The van der Waals surface area contributed by atoms with Crippen LogP contribution in [-0.4, -0.2) is 9.78 Å². The number of nitrogens with zero attached hydrogens (tertiary/aromatic N) is 2. The van der Waals surface area contributed by atoms with E-state index in [4.69, 9.17) is 5.73 Å². The van der Waals surface area contributed by atoms with Crippen LogP contribution in [0.2, 0.25) is 0 Å². The Bertz CT molecular complexity index is 492. The molecule has 0 spiro atoms. The third kappa shape index (κ3) is 2.66. The van der Waals surface area contributed by atoms with Gasteiger partial charge in [0.25, 0.3) is 0 Å². The van der Waals surface area contributed by atoms with E-state index in [1.807, 2.05) is 37.5 Å². The highest BCUT2D eigenvalue weighted by atomic mass is 127. The molecular weight excluding hydrogens is 315 g/mol. The van der Waals surface area contributed by atoms with Crippen LogP contribution in [0.5, 0.6) is 0 Å². The van der Waals surface area contributed by atoms with Gasteiger partial charge >= 0.3 is 0 Å². The van der Waals surface area contributed by atoms with Crippen molar-refractivity contribution in [3.8, 4) is 0 Å². The molecule has 0 atom stereocenters.